The molecule has 2 heterocycles. The van der Waals surface area contributed by atoms with Crippen LogP contribution in [-0.4, -0.2) is 39.2 Å². The summed E-state index contributed by atoms with van der Waals surface area (Å²) in [5.41, 5.74) is 0.598. The van der Waals surface area contributed by atoms with Crippen molar-refractivity contribution in [1.82, 2.24) is 14.5 Å². The van der Waals surface area contributed by atoms with E-state index in [1.807, 2.05) is 11.4 Å². The van der Waals surface area contributed by atoms with Crippen LogP contribution >= 0.6 is 23.1 Å². The van der Waals surface area contributed by atoms with Gasteiger partial charge >= 0.3 is 0 Å². The molecule has 0 aliphatic rings. The summed E-state index contributed by atoms with van der Waals surface area (Å²) in [4.78, 5) is 30.5. The normalized spacial score (nSPS) is 10.6. The molecule has 0 saturated heterocycles. The van der Waals surface area contributed by atoms with Gasteiger partial charge in [-0.15, -0.1) is 24.5 Å². The summed E-state index contributed by atoms with van der Waals surface area (Å²) in [5, 5.41) is 2.38. The first kappa shape index (κ1) is 16.5. The molecule has 116 valence electrons. The Morgan fingerprint density at radius 2 is 2.14 bits per heavy atom. The maximum absolute atomic E-state index is 12.2. The molecule has 0 N–H and O–H groups in total. The van der Waals surface area contributed by atoms with Gasteiger partial charge in [-0.1, -0.05) is 23.9 Å². The molecule has 0 radical (unpaired) electrons. The molecule has 22 heavy (non-hydrogen) atoms. The molecule has 0 aromatic carbocycles. The maximum Gasteiger partial charge on any atom is 0.271 e. The molecule has 0 atom stereocenters. The Hall–Kier alpha value is -1.86. The minimum absolute atomic E-state index is 0.0375. The second-order valence-corrected chi connectivity index (χ2v) is 6.42. The van der Waals surface area contributed by atoms with Crippen molar-refractivity contribution in [3.05, 3.63) is 47.1 Å². The summed E-state index contributed by atoms with van der Waals surface area (Å²) in [6.07, 6.45) is 3.36. The zero-order chi connectivity index (χ0) is 16.1. The first-order chi connectivity index (χ1) is 10.6. The number of amides is 1. The second-order valence-electron chi connectivity index (χ2n) is 4.56. The largest absolute Gasteiger partial charge is 0.335 e. The van der Waals surface area contributed by atoms with Crippen LogP contribution in [0.25, 0.3) is 10.2 Å². The van der Waals surface area contributed by atoms with Gasteiger partial charge in [0, 0.05) is 20.1 Å². The van der Waals surface area contributed by atoms with Gasteiger partial charge < -0.3 is 4.90 Å². The zero-order valence-electron chi connectivity index (χ0n) is 12.3. The van der Waals surface area contributed by atoms with Crippen LogP contribution in [0.3, 0.4) is 0 Å². The third-order valence-corrected chi connectivity index (χ3v) is 4.93. The lowest BCUT2D eigenvalue weighted by Gasteiger charge is -2.19. The van der Waals surface area contributed by atoms with E-state index in [-0.39, 0.29) is 17.2 Å². The van der Waals surface area contributed by atoms with Crippen molar-refractivity contribution in [2.45, 2.75) is 5.16 Å². The topological polar surface area (TPSA) is 55.2 Å². The number of hydrogen-bond acceptors (Lipinski definition) is 5. The van der Waals surface area contributed by atoms with E-state index in [2.05, 4.69) is 18.1 Å². The molecule has 2 rings (SSSR count). The van der Waals surface area contributed by atoms with Crippen LogP contribution < -0.4 is 5.56 Å². The number of rotatable bonds is 7. The van der Waals surface area contributed by atoms with E-state index in [1.165, 1.54) is 27.7 Å². The van der Waals surface area contributed by atoms with Crippen molar-refractivity contribution in [3.63, 3.8) is 0 Å². The third kappa shape index (κ3) is 3.48. The Morgan fingerprint density at radius 1 is 1.45 bits per heavy atom. The molecule has 0 unspecified atom stereocenters. The molecule has 0 saturated carbocycles. The van der Waals surface area contributed by atoms with E-state index in [1.54, 1.807) is 24.1 Å². The molecule has 0 bridgehead atoms. The highest BCUT2D eigenvalue weighted by Crippen LogP contribution is 2.20. The highest BCUT2D eigenvalue weighted by molar-refractivity contribution is 7.99. The van der Waals surface area contributed by atoms with Gasteiger partial charge in [0.2, 0.25) is 5.91 Å². The number of carbonyl (C=O) groups excluding carboxylic acids is 1. The van der Waals surface area contributed by atoms with E-state index in [0.29, 0.717) is 28.5 Å². The summed E-state index contributed by atoms with van der Waals surface area (Å²) in [6, 6.07) is 1.81. The maximum atomic E-state index is 12.2. The van der Waals surface area contributed by atoms with Gasteiger partial charge in [0.15, 0.2) is 5.16 Å². The average Bonchev–Trinajstić information content (AvgIpc) is 2.97. The van der Waals surface area contributed by atoms with Crippen LogP contribution in [0.4, 0.5) is 0 Å². The predicted molar refractivity (Wildman–Crippen MR) is 92.6 cm³/mol. The average molecular weight is 335 g/mol. The molecule has 5 nitrogen and oxygen atoms in total. The van der Waals surface area contributed by atoms with Crippen LogP contribution in [0, 0.1) is 0 Å². The summed E-state index contributed by atoms with van der Waals surface area (Å²) in [7, 11) is 1.67. The van der Waals surface area contributed by atoms with Gasteiger partial charge in [0.1, 0.15) is 4.70 Å². The number of carbonyl (C=O) groups is 1. The number of aromatic nitrogens is 2. The molecular weight excluding hydrogens is 318 g/mol. The van der Waals surface area contributed by atoms with Gasteiger partial charge in [-0.25, -0.2) is 4.98 Å². The molecule has 0 aliphatic carbocycles. The van der Waals surface area contributed by atoms with Gasteiger partial charge in [0.05, 0.1) is 11.3 Å². The monoisotopic (exact) mass is 335 g/mol. The molecule has 2 aromatic heterocycles. The van der Waals surface area contributed by atoms with Gasteiger partial charge in [-0.3, -0.25) is 14.2 Å². The van der Waals surface area contributed by atoms with Crippen LogP contribution in [0.1, 0.15) is 0 Å². The Kier molecular flexibility index (Phi) is 5.57. The first-order valence-corrected chi connectivity index (χ1v) is 8.51. The predicted octanol–water partition coefficient (Wildman–Crippen LogP) is 2.29. The second kappa shape index (κ2) is 7.42. The van der Waals surface area contributed by atoms with Crippen molar-refractivity contribution in [1.29, 1.82) is 0 Å². The van der Waals surface area contributed by atoms with E-state index in [0.717, 1.165) is 0 Å². The van der Waals surface area contributed by atoms with Gasteiger partial charge in [-0.05, 0) is 11.4 Å². The van der Waals surface area contributed by atoms with Crippen molar-refractivity contribution in [3.8, 4) is 0 Å². The quantitative estimate of drug-likeness (QED) is 0.442. The zero-order valence-corrected chi connectivity index (χ0v) is 14.0. The van der Waals surface area contributed by atoms with E-state index >= 15 is 0 Å². The summed E-state index contributed by atoms with van der Waals surface area (Å²) in [6.45, 7) is 8.24. The molecular formula is C15H17N3O2S2. The van der Waals surface area contributed by atoms with Gasteiger partial charge in [-0.2, -0.15) is 0 Å². The molecule has 0 fully saturated rings. The lowest BCUT2D eigenvalue weighted by atomic mass is 10.4. The fraction of sp³-hybridized carbons (Fsp3) is 0.267. The number of thioether (sulfide) groups is 1. The van der Waals surface area contributed by atoms with E-state index in [9.17, 15) is 9.59 Å². The molecule has 0 aliphatic heterocycles. The smallest absolute Gasteiger partial charge is 0.271 e. The summed E-state index contributed by atoms with van der Waals surface area (Å²) in [5.74, 6) is 0.182. The fourth-order valence-corrected chi connectivity index (χ4v) is 3.58. The van der Waals surface area contributed by atoms with E-state index < -0.39 is 0 Å². The van der Waals surface area contributed by atoms with Crippen LogP contribution in [0.2, 0.25) is 0 Å². The Morgan fingerprint density at radius 3 is 2.77 bits per heavy atom. The molecule has 1 amide bonds. The Bertz CT molecular complexity index is 754. The van der Waals surface area contributed by atoms with Crippen LogP contribution in [-0.2, 0) is 11.8 Å². The molecule has 7 heteroatoms. The SMILES string of the molecule is C=CCN(CC=C)C(=O)CSc1nc2ccsc2c(=O)n1C. The summed E-state index contributed by atoms with van der Waals surface area (Å²) >= 11 is 2.64. The van der Waals surface area contributed by atoms with Crippen molar-refractivity contribution in [2.75, 3.05) is 18.8 Å². The van der Waals surface area contributed by atoms with Gasteiger partial charge in [0.25, 0.3) is 5.56 Å². The molecule has 0 spiro atoms. The van der Waals surface area contributed by atoms with Crippen molar-refractivity contribution < 1.29 is 4.79 Å². The van der Waals surface area contributed by atoms with Crippen LogP contribution in [0.15, 0.2) is 46.7 Å². The lowest BCUT2D eigenvalue weighted by Crippen LogP contribution is -2.33. The first-order valence-electron chi connectivity index (χ1n) is 6.65. The van der Waals surface area contributed by atoms with Crippen molar-refractivity contribution in [2.24, 2.45) is 7.05 Å². The minimum atomic E-state index is -0.0796. The summed E-state index contributed by atoms with van der Waals surface area (Å²) < 4.78 is 2.13. The van der Waals surface area contributed by atoms with Crippen molar-refractivity contribution >= 4 is 39.2 Å². The molecule has 2 aromatic rings. The fourth-order valence-electron chi connectivity index (χ4n) is 1.90. The Labute approximate surface area is 137 Å². The highest BCUT2D eigenvalue weighted by atomic mass is 32.2. The lowest BCUT2D eigenvalue weighted by molar-refractivity contribution is -0.127. The van der Waals surface area contributed by atoms with E-state index in [4.69, 9.17) is 0 Å². The standard InChI is InChI=1S/C15H17N3O2S2/c1-4-7-18(8-5-2)12(19)10-22-15-16-11-6-9-21-13(11)14(20)17(15)3/h4-6,9H,1-2,7-8,10H2,3H3. The van der Waals surface area contributed by atoms with Crippen LogP contribution in [0.5, 0.6) is 0 Å². The number of thiophene rings is 1. The minimum Gasteiger partial charge on any atom is -0.335 e. The number of fused-ring (bicyclic) bond motifs is 1. The third-order valence-electron chi connectivity index (χ3n) is 3.02. The highest BCUT2D eigenvalue weighted by Gasteiger charge is 2.14. The number of nitrogens with zero attached hydrogens (tertiary/aromatic N) is 3. The Balaban J connectivity index is 2.15. The number of hydrogen-bond donors (Lipinski definition) is 0.